The van der Waals surface area contributed by atoms with Crippen molar-refractivity contribution in [2.24, 2.45) is 0 Å². The van der Waals surface area contributed by atoms with Gasteiger partial charge in [-0.25, -0.2) is 9.67 Å². The van der Waals surface area contributed by atoms with Gasteiger partial charge < -0.3 is 19.9 Å². The second kappa shape index (κ2) is 12.4. The van der Waals surface area contributed by atoms with E-state index in [2.05, 4.69) is 15.2 Å². The van der Waals surface area contributed by atoms with Crippen molar-refractivity contribution in [3.05, 3.63) is 59.5 Å². The van der Waals surface area contributed by atoms with E-state index in [1.807, 2.05) is 53.2 Å². The predicted molar refractivity (Wildman–Crippen MR) is 175 cm³/mol. The molecular weight excluding hydrogens is 586 g/mol. The number of rotatable bonds is 7. The molecular formula is C34H39N7O3S. The largest absolute Gasteiger partial charge is 0.496 e. The number of nitrogens with one attached hydrogen (secondary N) is 1. The van der Waals surface area contributed by atoms with E-state index in [9.17, 15) is 9.59 Å². The molecule has 0 spiro atoms. The van der Waals surface area contributed by atoms with Gasteiger partial charge in [-0.3, -0.25) is 14.6 Å². The lowest BCUT2D eigenvalue weighted by molar-refractivity contribution is -0.114. The maximum atomic E-state index is 13.9. The third kappa shape index (κ3) is 5.63. The summed E-state index contributed by atoms with van der Waals surface area (Å²) in [6.45, 7) is 3.93. The van der Waals surface area contributed by atoms with E-state index in [4.69, 9.17) is 14.8 Å². The van der Waals surface area contributed by atoms with Crippen molar-refractivity contribution in [1.29, 1.82) is 0 Å². The number of fused-ring (bicyclic) bond motifs is 3. The number of likely N-dealkylation sites (tertiary alicyclic amines) is 1. The van der Waals surface area contributed by atoms with E-state index in [0.29, 0.717) is 22.5 Å². The quantitative estimate of drug-likeness (QED) is 0.285. The van der Waals surface area contributed by atoms with Gasteiger partial charge in [0.25, 0.3) is 5.91 Å². The van der Waals surface area contributed by atoms with Crippen molar-refractivity contribution in [1.82, 2.24) is 29.5 Å². The van der Waals surface area contributed by atoms with Gasteiger partial charge in [-0.15, -0.1) is 0 Å². The summed E-state index contributed by atoms with van der Waals surface area (Å²) in [5, 5.41) is 8.54. The SMILES string of the molecule is COc1cc(-n2nc(-c3cccnc3)c3c2-c2sc(NC(C)=O)nc2CC3)ccc1C(=O)N(C)[C@H]1CC[C@@H](N2CCCC2)CC1. The summed E-state index contributed by atoms with van der Waals surface area (Å²) in [5.41, 5.74) is 6.12. The summed E-state index contributed by atoms with van der Waals surface area (Å²) in [7, 11) is 3.54. The predicted octanol–water partition coefficient (Wildman–Crippen LogP) is 5.60. The van der Waals surface area contributed by atoms with Crippen LogP contribution in [0.15, 0.2) is 42.7 Å². The number of ether oxygens (including phenoxy) is 1. The summed E-state index contributed by atoms with van der Waals surface area (Å²) in [6.07, 6.45) is 12.0. The second-order valence-electron chi connectivity index (χ2n) is 12.3. The van der Waals surface area contributed by atoms with E-state index in [1.54, 1.807) is 13.3 Å². The van der Waals surface area contributed by atoms with Gasteiger partial charge in [0.2, 0.25) is 5.91 Å². The lowest BCUT2D eigenvalue weighted by Gasteiger charge is -2.38. The number of benzene rings is 1. The highest BCUT2D eigenvalue weighted by Crippen LogP contribution is 2.44. The molecule has 234 valence electrons. The fourth-order valence-corrected chi connectivity index (χ4v) is 8.37. The van der Waals surface area contributed by atoms with Crippen LogP contribution in [0.1, 0.15) is 67.1 Å². The molecule has 1 N–H and O–H groups in total. The number of pyridine rings is 1. The number of methoxy groups -OCH3 is 1. The van der Waals surface area contributed by atoms with E-state index < -0.39 is 0 Å². The van der Waals surface area contributed by atoms with Crippen LogP contribution in [0.25, 0.3) is 27.5 Å². The van der Waals surface area contributed by atoms with Crippen LogP contribution >= 0.6 is 11.3 Å². The molecule has 10 nitrogen and oxygen atoms in total. The molecule has 7 rings (SSSR count). The van der Waals surface area contributed by atoms with Crippen LogP contribution in [-0.2, 0) is 17.6 Å². The third-order valence-corrected chi connectivity index (χ3v) is 10.6. The van der Waals surface area contributed by atoms with Crippen molar-refractivity contribution in [2.45, 2.75) is 70.4 Å². The van der Waals surface area contributed by atoms with Crippen molar-refractivity contribution in [3.63, 3.8) is 0 Å². The average molecular weight is 626 g/mol. The van der Waals surface area contributed by atoms with Gasteiger partial charge >= 0.3 is 0 Å². The molecule has 11 heteroatoms. The molecule has 1 saturated carbocycles. The molecule has 0 radical (unpaired) electrons. The van der Waals surface area contributed by atoms with Crippen LogP contribution in [0.4, 0.5) is 5.13 Å². The van der Waals surface area contributed by atoms with E-state index in [0.717, 1.165) is 77.3 Å². The number of nitrogens with zero attached hydrogens (tertiary/aromatic N) is 6. The fraction of sp³-hybridized carbons (Fsp3) is 0.441. The Hall–Kier alpha value is -4.09. The molecule has 4 heterocycles. The van der Waals surface area contributed by atoms with Gasteiger partial charge in [-0.2, -0.15) is 5.10 Å². The Morgan fingerprint density at radius 1 is 1.09 bits per heavy atom. The van der Waals surface area contributed by atoms with E-state index in [1.165, 1.54) is 44.2 Å². The molecule has 3 aromatic heterocycles. The minimum atomic E-state index is -0.152. The Morgan fingerprint density at radius 2 is 1.89 bits per heavy atom. The minimum absolute atomic E-state index is 0.0220. The number of hydrogen-bond donors (Lipinski definition) is 1. The van der Waals surface area contributed by atoms with Crippen molar-refractivity contribution in [2.75, 3.05) is 32.6 Å². The Bertz CT molecular complexity index is 1720. The zero-order valence-electron chi connectivity index (χ0n) is 26.1. The van der Waals surface area contributed by atoms with E-state index >= 15 is 0 Å². The van der Waals surface area contributed by atoms with Crippen LogP contribution in [0.5, 0.6) is 5.75 Å². The summed E-state index contributed by atoms with van der Waals surface area (Å²) < 4.78 is 7.76. The number of hydrogen-bond acceptors (Lipinski definition) is 8. The van der Waals surface area contributed by atoms with Crippen LogP contribution in [0, 0.1) is 0 Å². The number of carbonyl (C=O) groups excluding carboxylic acids is 2. The number of aromatic nitrogens is 4. The maximum absolute atomic E-state index is 13.9. The van der Waals surface area contributed by atoms with Gasteiger partial charge in [0, 0.05) is 55.6 Å². The first-order chi connectivity index (χ1) is 21.9. The summed E-state index contributed by atoms with van der Waals surface area (Å²) in [6, 6.07) is 10.5. The maximum Gasteiger partial charge on any atom is 0.257 e. The first-order valence-electron chi connectivity index (χ1n) is 15.9. The molecule has 0 bridgehead atoms. The fourth-order valence-electron chi connectivity index (χ4n) is 7.26. The third-order valence-electron chi connectivity index (χ3n) is 9.58. The highest BCUT2D eigenvalue weighted by molar-refractivity contribution is 7.19. The minimum Gasteiger partial charge on any atom is -0.496 e. The van der Waals surface area contributed by atoms with Crippen LogP contribution < -0.4 is 10.1 Å². The number of amides is 2. The number of carbonyl (C=O) groups is 2. The Morgan fingerprint density at radius 3 is 2.60 bits per heavy atom. The first kappa shape index (κ1) is 29.6. The average Bonchev–Trinajstić information content (AvgIpc) is 3.83. The molecule has 4 aromatic rings. The lowest BCUT2D eigenvalue weighted by atomic mass is 9.89. The Balaban J connectivity index is 1.21. The summed E-state index contributed by atoms with van der Waals surface area (Å²) >= 11 is 1.45. The molecule has 3 aliphatic rings. The topological polar surface area (TPSA) is 105 Å². The summed E-state index contributed by atoms with van der Waals surface area (Å²) in [5.74, 6) is 0.341. The molecule has 2 aliphatic carbocycles. The highest BCUT2D eigenvalue weighted by atomic mass is 32.1. The molecule has 2 fully saturated rings. The molecule has 0 unspecified atom stereocenters. The van der Waals surface area contributed by atoms with Crippen molar-refractivity contribution < 1.29 is 14.3 Å². The number of thiazole rings is 1. The zero-order valence-corrected chi connectivity index (χ0v) is 26.9. The van der Waals surface area contributed by atoms with Gasteiger partial charge in [0.1, 0.15) is 5.75 Å². The summed E-state index contributed by atoms with van der Waals surface area (Å²) in [4.78, 5) is 40.3. The van der Waals surface area contributed by atoms with Crippen molar-refractivity contribution >= 4 is 28.3 Å². The van der Waals surface area contributed by atoms with Gasteiger partial charge in [0.05, 0.1) is 40.3 Å². The number of aryl methyl sites for hydroxylation is 1. The lowest BCUT2D eigenvalue weighted by Crippen LogP contribution is -2.44. The highest BCUT2D eigenvalue weighted by Gasteiger charge is 2.33. The normalized spacial score (nSPS) is 19.5. The standard InChI is InChI=1S/C34H39N7O3S/c1-21(42)36-34-37-28-15-14-27-30(22-7-6-16-35-20-22)38-41(31(27)32(28)45-34)25-12-13-26(29(19-25)44-3)33(43)39(2)23-8-10-24(11-9-23)40-17-4-5-18-40/h6-7,12-13,16,19-20,23-24H,4-5,8-11,14-15,17-18H2,1-3H3,(H,36,37,42)/t23-,24+. The molecule has 1 aliphatic heterocycles. The smallest absolute Gasteiger partial charge is 0.257 e. The Labute approximate surface area is 267 Å². The Kier molecular flexibility index (Phi) is 8.14. The van der Waals surface area contributed by atoms with Crippen LogP contribution in [-0.4, -0.2) is 80.7 Å². The van der Waals surface area contributed by atoms with Crippen LogP contribution in [0.2, 0.25) is 0 Å². The second-order valence-corrected chi connectivity index (χ2v) is 13.3. The van der Waals surface area contributed by atoms with Gasteiger partial charge in [-0.05, 0) is 88.7 Å². The van der Waals surface area contributed by atoms with Crippen LogP contribution in [0.3, 0.4) is 0 Å². The molecule has 2 amide bonds. The monoisotopic (exact) mass is 625 g/mol. The number of anilines is 1. The van der Waals surface area contributed by atoms with Gasteiger partial charge in [-0.1, -0.05) is 11.3 Å². The first-order valence-corrected chi connectivity index (χ1v) is 16.7. The van der Waals surface area contributed by atoms with E-state index in [-0.39, 0.29) is 17.9 Å². The molecule has 1 saturated heterocycles. The zero-order chi connectivity index (χ0) is 31.1. The van der Waals surface area contributed by atoms with Crippen molar-refractivity contribution in [3.8, 4) is 33.3 Å². The van der Waals surface area contributed by atoms with Gasteiger partial charge in [0.15, 0.2) is 5.13 Å². The molecule has 1 aromatic carbocycles. The molecule has 0 atom stereocenters. The molecule has 45 heavy (non-hydrogen) atoms.